The molecule has 1 aliphatic carbocycles. The number of hydrogen-bond acceptors (Lipinski definition) is 3. The van der Waals surface area contributed by atoms with Crippen LogP contribution in [0.3, 0.4) is 0 Å². The number of carbonyl (C=O) groups is 1. The van der Waals surface area contributed by atoms with Gasteiger partial charge in [-0.3, -0.25) is 0 Å². The Morgan fingerprint density at radius 2 is 1.52 bits per heavy atom. The summed E-state index contributed by atoms with van der Waals surface area (Å²) >= 11 is 0. The fourth-order valence-electron chi connectivity index (χ4n) is 3.67. The van der Waals surface area contributed by atoms with E-state index in [9.17, 15) is 10.1 Å². The van der Waals surface area contributed by atoms with Crippen molar-refractivity contribution in [1.82, 2.24) is 0 Å². The minimum absolute atomic E-state index is 0.0985. The van der Waals surface area contributed by atoms with Gasteiger partial charge in [-0.05, 0) is 41.5 Å². The van der Waals surface area contributed by atoms with E-state index in [1.807, 2.05) is 55.5 Å². The summed E-state index contributed by atoms with van der Waals surface area (Å²) in [6.45, 7) is 4.17. The molecule has 0 N–H and O–H groups in total. The Morgan fingerprint density at radius 3 is 2.00 bits per heavy atom. The largest absolute Gasteiger partial charge is 0.458 e. The molecule has 1 unspecified atom stereocenters. The van der Waals surface area contributed by atoms with Crippen molar-refractivity contribution in [2.75, 3.05) is 0 Å². The minimum atomic E-state index is -0.512. The lowest BCUT2D eigenvalue weighted by Crippen LogP contribution is -2.19. The molecule has 0 fully saturated rings. The van der Waals surface area contributed by atoms with E-state index >= 15 is 0 Å². The molecular weight excluding hydrogens is 334 g/mol. The van der Waals surface area contributed by atoms with Gasteiger partial charge in [0.05, 0.1) is 0 Å². The maximum Gasteiger partial charge on any atom is 0.349 e. The summed E-state index contributed by atoms with van der Waals surface area (Å²) in [7, 11) is 0. The third-order valence-corrected chi connectivity index (χ3v) is 5.11. The molecule has 1 aliphatic rings. The summed E-state index contributed by atoms with van der Waals surface area (Å²) in [6, 6.07) is 17.9. The van der Waals surface area contributed by atoms with Gasteiger partial charge in [-0.15, -0.1) is 0 Å². The van der Waals surface area contributed by atoms with Crippen LogP contribution in [0.15, 0.2) is 54.1 Å². The lowest BCUT2D eigenvalue weighted by molar-refractivity contribution is -0.144. The molecule has 2 aromatic carbocycles. The molecule has 0 saturated carbocycles. The van der Waals surface area contributed by atoms with Crippen molar-refractivity contribution in [3.05, 3.63) is 65.2 Å². The summed E-state index contributed by atoms with van der Waals surface area (Å²) in [5, 5.41) is 9.80. The zero-order valence-corrected chi connectivity index (χ0v) is 16.0. The second-order valence-corrected chi connectivity index (χ2v) is 6.88. The quantitative estimate of drug-likeness (QED) is 0.228. The molecule has 138 valence electrons. The van der Waals surface area contributed by atoms with Gasteiger partial charge < -0.3 is 4.74 Å². The number of hydrogen-bond donors (Lipinski definition) is 0. The predicted molar refractivity (Wildman–Crippen MR) is 108 cm³/mol. The van der Waals surface area contributed by atoms with E-state index in [0.29, 0.717) is 5.57 Å². The van der Waals surface area contributed by atoms with Gasteiger partial charge >= 0.3 is 5.97 Å². The lowest BCUT2D eigenvalue weighted by Gasteiger charge is -2.16. The van der Waals surface area contributed by atoms with Gasteiger partial charge in [0, 0.05) is 5.57 Å². The number of unbranched alkanes of at least 4 members (excludes halogenated alkanes) is 2. The molecular formula is C24H25NO2. The lowest BCUT2D eigenvalue weighted by atomic mass is 9.98. The normalized spacial score (nSPS) is 12.7. The van der Waals surface area contributed by atoms with Crippen LogP contribution >= 0.6 is 0 Å². The van der Waals surface area contributed by atoms with E-state index in [2.05, 4.69) is 13.0 Å². The first-order valence-electron chi connectivity index (χ1n) is 9.75. The van der Waals surface area contributed by atoms with Crippen LogP contribution in [0.5, 0.6) is 0 Å². The summed E-state index contributed by atoms with van der Waals surface area (Å²) < 4.78 is 5.72. The van der Waals surface area contributed by atoms with E-state index in [-0.39, 0.29) is 11.7 Å². The van der Waals surface area contributed by atoms with Crippen molar-refractivity contribution >= 4 is 11.5 Å². The number of nitriles is 1. The molecule has 3 nitrogen and oxygen atoms in total. The third-order valence-electron chi connectivity index (χ3n) is 5.11. The van der Waals surface area contributed by atoms with Crippen molar-refractivity contribution in [2.24, 2.45) is 0 Å². The monoisotopic (exact) mass is 359 g/mol. The van der Waals surface area contributed by atoms with Crippen molar-refractivity contribution in [1.29, 1.82) is 5.26 Å². The molecule has 0 amide bonds. The number of ether oxygens (including phenoxy) is 1. The highest BCUT2D eigenvalue weighted by molar-refractivity contribution is 6.12. The van der Waals surface area contributed by atoms with E-state index in [1.54, 1.807) is 0 Å². The predicted octanol–water partition coefficient (Wildman–Crippen LogP) is 5.89. The van der Waals surface area contributed by atoms with E-state index in [4.69, 9.17) is 4.74 Å². The Morgan fingerprint density at radius 1 is 0.963 bits per heavy atom. The number of benzene rings is 2. The fraction of sp³-hybridized carbons (Fsp3) is 0.333. The molecule has 0 saturated heterocycles. The summed E-state index contributed by atoms with van der Waals surface area (Å²) in [4.78, 5) is 12.9. The summed E-state index contributed by atoms with van der Waals surface area (Å²) in [6.07, 6.45) is 4.76. The Hall–Kier alpha value is -2.86. The minimum Gasteiger partial charge on any atom is -0.458 e. The van der Waals surface area contributed by atoms with Crippen molar-refractivity contribution in [2.45, 2.75) is 52.1 Å². The first-order chi connectivity index (χ1) is 13.2. The molecule has 3 heteroatoms. The molecule has 0 radical (unpaired) electrons. The van der Waals surface area contributed by atoms with E-state index in [1.165, 1.54) is 0 Å². The van der Waals surface area contributed by atoms with Crippen molar-refractivity contribution in [3.8, 4) is 17.2 Å². The second kappa shape index (κ2) is 8.68. The van der Waals surface area contributed by atoms with E-state index in [0.717, 1.165) is 54.4 Å². The summed E-state index contributed by atoms with van der Waals surface area (Å²) in [5.41, 5.74) is 4.74. The van der Waals surface area contributed by atoms with Gasteiger partial charge in [-0.2, -0.15) is 5.26 Å². The van der Waals surface area contributed by atoms with Crippen LogP contribution in [0.1, 0.15) is 57.1 Å². The zero-order valence-electron chi connectivity index (χ0n) is 16.0. The molecule has 0 spiro atoms. The molecule has 27 heavy (non-hydrogen) atoms. The van der Waals surface area contributed by atoms with Crippen LogP contribution in [0.25, 0.3) is 16.7 Å². The number of fused-ring (bicyclic) bond motifs is 3. The first kappa shape index (κ1) is 18.9. The molecule has 2 aromatic rings. The van der Waals surface area contributed by atoms with Crippen LogP contribution in [0.2, 0.25) is 0 Å². The highest BCUT2D eigenvalue weighted by atomic mass is 16.5. The highest BCUT2D eigenvalue weighted by Gasteiger charge is 2.29. The van der Waals surface area contributed by atoms with Gasteiger partial charge in [0.2, 0.25) is 0 Å². The van der Waals surface area contributed by atoms with Crippen molar-refractivity contribution < 1.29 is 9.53 Å². The Kier molecular flexibility index (Phi) is 6.08. The molecule has 0 bridgehead atoms. The van der Waals surface area contributed by atoms with Gasteiger partial charge in [0.15, 0.2) is 0 Å². The molecule has 1 atom stereocenters. The second-order valence-electron chi connectivity index (χ2n) is 6.88. The van der Waals surface area contributed by atoms with Gasteiger partial charge in [0.1, 0.15) is 17.7 Å². The molecule has 0 heterocycles. The highest BCUT2D eigenvalue weighted by Crippen LogP contribution is 2.45. The molecule has 3 rings (SSSR count). The maximum atomic E-state index is 12.9. The average Bonchev–Trinajstić information content (AvgIpc) is 3.03. The Bertz CT molecular complexity index is 857. The van der Waals surface area contributed by atoms with Crippen LogP contribution < -0.4 is 0 Å². The zero-order chi connectivity index (χ0) is 19.2. The fourth-order valence-corrected chi connectivity index (χ4v) is 3.67. The van der Waals surface area contributed by atoms with Crippen LogP contribution in [0.4, 0.5) is 0 Å². The van der Waals surface area contributed by atoms with Crippen LogP contribution in [-0.2, 0) is 9.53 Å². The third kappa shape index (κ3) is 3.80. The number of nitrogens with zero attached hydrogens (tertiary/aromatic N) is 1. The van der Waals surface area contributed by atoms with Crippen LogP contribution in [-0.4, -0.2) is 12.1 Å². The topological polar surface area (TPSA) is 50.1 Å². The standard InChI is InChI=1S/C24H25NO2/c1-3-5-6-11-17(4-2)27-24(26)22(16-25)23-20-14-9-7-12-18(20)19-13-8-10-15-21(19)23/h7-10,12-15,17H,3-6,11H2,1-2H3. The molecule has 0 aliphatic heterocycles. The Labute approximate surface area is 161 Å². The van der Waals surface area contributed by atoms with Crippen LogP contribution in [0, 0.1) is 11.3 Å². The average molecular weight is 359 g/mol. The number of esters is 1. The molecule has 0 aromatic heterocycles. The SMILES string of the molecule is CCCCCC(CC)OC(=O)C(C#N)=C1c2ccccc2-c2ccccc21. The maximum absolute atomic E-state index is 12.9. The number of rotatable bonds is 7. The van der Waals surface area contributed by atoms with Gasteiger partial charge in [-0.25, -0.2) is 4.79 Å². The van der Waals surface area contributed by atoms with Gasteiger partial charge in [-0.1, -0.05) is 75.2 Å². The van der Waals surface area contributed by atoms with Crippen molar-refractivity contribution in [3.63, 3.8) is 0 Å². The summed E-state index contributed by atoms with van der Waals surface area (Å²) in [5.74, 6) is -0.512. The van der Waals surface area contributed by atoms with Gasteiger partial charge in [0.25, 0.3) is 0 Å². The first-order valence-corrected chi connectivity index (χ1v) is 9.75. The van der Waals surface area contributed by atoms with E-state index < -0.39 is 5.97 Å². The smallest absolute Gasteiger partial charge is 0.349 e. The Balaban J connectivity index is 1.97. The number of carbonyl (C=O) groups excluding carboxylic acids is 1.